The SMILES string of the molecule is O=C(c1cc(Br)cs1)N1CC(n2cc(Br)cn2)C1. The number of carbonyl (C=O) groups excluding carboxylic acids is 1. The summed E-state index contributed by atoms with van der Waals surface area (Å²) in [4.78, 5) is 14.7. The Labute approximate surface area is 125 Å². The van der Waals surface area contributed by atoms with Gasteiger partial charge in [-0.15, -0.1) is 11.3 Å². The minimum absolute atomic E-state index is 0.105. The number of halogens is 2. The second-order valence-corrected chi connectivity index (χ2v) is 6.87. The molecule has 1 amide bonds. The van der Waals surface area contributed by atoms with Crippen LogP contribution in [-0.4, -0.2) is 33.7 Å². The van der Waals surface area contributed by atoms with Gasteiger partial charge in [-0.25, -0.2) is 0 Å². The summed E-state index contributed by atoms with van der Waals surface area (Å²) >= 11 is 8.20. The summed E-state index contributed by atoms with van der Waals surface area (Å²) in [7, 11) is 0. The lowest BCUT2D eigenvalue weighted by molar-refractivity contribution is 0.0506. The first kappa shape index (κ1) is 12.4. The number of nitrogens with zero attached hydrogens (tertiary/aromatic N) is 3. The van der Waals surface area contributed by atoms with Crippen LogP contribution in [0.25, 0.3) is 0 Å². The Balaban J connectivity index is 1.64. The zero-order valence-corrected chi connectivity index (χ0v) is 13.2. The zero-order valence-electron chi connectivity index (χ0n) is 9.22. The number of likely N-dealkylation sites (tertiary alicyclic amines) is 1. The van der Waals surface area contributed by atoms with E-state index in [1.165, 1.54) is 11.3 Å². The van der Waals surface area contributed by atoms with Crippen molar-refractivity contribution >= 4 is 49.1 Å². The number of hydrogen-bond donors (Lipinski definition) is 0. The van der Waals surface area contributed by atoms with E-state index in [1.54, 1.807) is 6.20 Å². The zero-order chi connectivity index (χ0) is 12.7. The van der Waals surface area contributed by atoms with Gasteiger partial charge in [-0.2, -0.15) is 5.10 Å². The third-order valence-electron chi connectivity index (χ3n) is 2.87. The molecule has 7 heteroatoms. The maximum atomic E-state index is 12.1. The predicted molar refractivity (Wildman–Crippen MR) is 76.9 cm³/mol. The molecule has 1 saturated heterocycles. The first-order chi connectivity index (χ1) is 8.63. The number of amides is 1. The summed E-state index contributed by atoms with van der Waals surface area (Å²) in [6.07, 6.45) is 3.70. The van der Waals surface area contributed by atoms with Gasteiger partial charge in [0.2, 0.25) is 0 Å². The Hall–Kier alpha value is -0.660. The molecule has 0 radical (unpaired) electrons. The number of carbonyl (C=O) groups is 1. The van der Waals surface area contributed by atoms with Gasteiger partial charge in [-0.1, -0.05) is 0 Å². The molecule has 0 bridgehead atoms. The van der Waals surface area contributed by atoms with Gasteiger partial charge >= 0.3 is 0 Å². The Morgan fingerprint density at radius 3 is 2.72 bits per heavy atom. The maximum Gasteiger partial charge on any atom is 0.264 e. The van der Waals surface area contributed by atoms with E-state index in [0.717, 1.165) is 26.9 Å². The highest BCUT2D eigenvalue weighted by Gasteiger charge is 2.33. The van der Waals surface area contributed by atoms with E-state index in [1.807, 2.05) is 27.2 Å². The van der Waals surface area contributed by atoms with E-state index < -0.39 is 0 Å². The third kappa shape index (κ3) is 2.26. The second kappa shape index (κ2) is 4.79. The molecular formula is C11H9Br2N3OS. The van der Waals surface area contributed by atoms with Gasteiger partial charge in [0.25, 0.3) is 5.91 Å². The van der Waals surface area contributed by atoms with Crippen LogP contribution in [0.1, 0.15) is 15.7 Å². The highest BCUT2D eigenvalue weighted by molar-refractivity contribution is 9.10. The fourth-order valence-corrected chi connectivity index (χ4v) is 3.58. The lowest BCUT2D eigenvalue weighted by Crippen LogP contribution is -2.50. The Morgan fingerprint density at radius 2 is 2.17 bits per heavy atom. The van der Waals surface area contributed by atoms with Gasteiger partial charge in [0.05, 0.1) is 21.6 Å². The summed E-state index contributed by atoms with van der Waals surface area (Å²) in [5.74, 6) is 0.105. The first-order valence-corrected chi connectivity index (χ1v) is 7.83. The Kier molecular flexibility index (Phi) is 3.29. The quantitative estimate of drug-likeness (QED) is 0.789. The summed E-state index contributed by atoms with van der Waals surface area (Å²) < 4.78 is 3.83. The standard InChI is InChI=1S/C11H9Br2N3OS/c12-7-1-10(18-6-7)11(17)15-4-9(5-15)16-3-8(13)2-14-16/h1-3,6,9H,4-5H2. The molecule has 0 atom stereocenters. The minimum atomic E-state index is 0.105. The van der Waals surface area contributed by atoms with Gasteiger partial charge in [-0.05, 0) is 37.9 Å². The molecule has 1 fully saturated rings. The fraction of sp³-hybridized carbons (Fsp3) is 0.273. The molecule has 4 nitrogen and oxygen atoms in total. The largest absolute Gasteiger partial charge is 0.334 e. The van der Waals surface area contributed by atoms with Crippen molar-refractivity contribution in [2.75, 3.05) is 13.1 Å². The lowest BCUT2D eigenvalue weighted by Gasteiger charge is -2.38. The molecule has 0 saturated carbocycles. The monoisotopic (exact) mass is 389 g/mol. The van der Waals surface area contributed by atoms with E-state index in [-0.39, 0.29) is 5.91 Å². The normalized spacial score (nSPS) is 15.8. The van der Waals surface area contributed by atoms with Crippen LogP contribution >= 0.6 is 43.2 Å². The molecule has 0 spiro atoms. The molecule has 18 heavy (non-hydrogen) atoms. The van der Waals surface area contributed by atoms with E-state index in [2.05, 4.69) is 37.0 Å². The van der Waals surface area contributed by atoms with Crippen LogP contribution < -0.4 is 0 Å². The van der Waals surface area contributed by atoms with Crippen LogP contribution in [0.2, 0.25) is 0 Å². The van der Waals surface area contributed by atoms with Crippen molar-refractivity contribution in [3.05, 3.63) is 37.7 Å². The first-order valence-electron chi connectivity index (χ1n) is 5.36. The van der Waals surface area contributed by atoms with Gasteiger partial charge in [-0.3, -0.25) is 9.48 Å². The van der Waals surface area contributed by atoms with Crippen molar-refractivity contribution in [1.29, 1.82) is 0 Å². The smallest absolute Gasteiger partial charge is 0.264 e. The highest BCUT2D eigenvalue weighted by Crippen LogP contribution is 2.27. The molecule has 0 N–H and O–H groups in total. The lowest BCUT2D eigenvalue weighted by atomic mass is 10.1. The number of hydrogen-bond acceptors (Lipinski definition) is 3. The van der Waals surface area contributed by atoms with Crippen molar-refractivity contribution in [1.82, 2.24) is 14.7 Å². The average molecular weight is 391 g/mol. The fourth-order valence-electron chi connectivity index (χ4n) is 1.88. The van der Waals surface area contributed by atoms with Crippen LogP contribution in [0.3, 0.4) is 0 Å². The molecule has 3 rings (SSSR count). The number of aromatic nitrogens is 2. The molecule has 0 aliphatic carbocycles. The van der Waals surface area contributed by atoms with E-state index in [4.69, 9.17) is 0 Å². The molecule has 1 aliphatic rings. The highest BCUT2D eigenvalue weighted by atomic mass is 79.9. The maximum absolute atomic E-state index is 12.1. The van der Waals surface area contributed by atoms with E-state index in [0.29, 0.717) is 6.04 Å². The van der Waals surface area contributed by atoms with Crippen LogP contribution in [0.4, 0.5) is 0 Å². The Morgan fingerprint density at radius 1 is 1.39 bits per heavy atom. The van der Waals surface area contributed by atoms with Crippen LogP contribution in [0.5, 0.6) is 0 Å². The number of thiophene rings is 1. The molecule has 1 aliphatic heterocycles. The topological polar surface area (TPSA) is 38.1 Å². The minimum Gasteiger partial charge on any atom is -0.334 e. The van der Waals surface area contributed by atoms with Crippen molar-refractivity contribution in [2.24, 2.45) is 0 Å². The molecule has 0 aromatic carbocycles. The van der Waals surface area contributed by atoms with Gasteiger partial charge in [0.1, 0.15) is 0 Å². The van der Waals surface area contributed by atoms with E-state index >= 15 is 0 Å². The van der Waals surface area contributed by atoms with Crippen molar-refractivity contribution in [3.63, 3.8) is 0 Å². The van der Waals surface area contributed by atoms with Crippen LogP contribution in [0, 0.1) is 0 Å². The summed E-state index contributed by atoms with van der Waals surface area (Å²) in [6, 6.07) is 2.16. The second-order valence-electron chi connectivity index (χ2n) is 4.13. The van der Waals surface area contributed by atoms with Crippen molar-refractivity contribution in [3.8, 4) is 0 Å². The predicted octanol–water partition coefficient (Wildman–Crippen LogP) is 3.17. The van der Waals surface area contributed by atoms with Gasteiger partial charge in [0, 0.05) is 29.1 Å². The molecule has 94 valence electrons. The average Bonchev–Trinajstić information content (AvgIpc) is 2.85. The Bertz CT molecular complexity index is 589. The molecule has 2 aromatic rings. The van der Waals surface area contributed by atoms with Crippen LogP contribution in [-0.2, 0) is 0 Å². The van der Waals surface area contributed by atoms with Crippen molar-refractivity contribution < 1.29 is 4.79 Å². The molecule has 0 unspecified atom stereocenters. The molecule has 2 aromatic heterocycles. The summed E-state index contributed by atoms with van der Waals surface area (Å²) in [5.41, 5.74) is 0. The summed E-state index contributed by atoms with van der Waals surface area (Å²) in [5, 5.41) is 6.16. The van der Waals surface area contributed by atoms with Gasteiger partial charge in [0.15, 0.2) is 0 Å². The van der Waals surface area contributed by atoms with Crippen LogP contribution in [0.15, 0.2) is 32.8 Å². The molecule has 3 heterocycles. The summed E-state index contributed by atoms with van der Waals surface area (Å²) in [6.45, 7) is 1.45. The molecular weight excluding hydrogens is 382 g/mol. The van der Waals surface area contributed by atoms with E-state index in [9.17, 15) is 4.79 Å². The number of rotatable bonds is 2. The van der Waals surface area contributed by atoms with Gasteiger partial charge < -0.3 is 4.90 Å². The van der Waals surface area contributed by atoms with Crippen molar-refractivity contribution in [2.45, 2.75) is 6.04 Å². The third-order valence-corrected chi connectivity index (χ3v) is 4.96.